The molecule has 13 heteroatoms. The van der Waals surface area contributed by atoms with E-state index < -0.39 is 11.9 Å². The molecule has 0 radical (unpaired) electrons. The van der Waals surface area contributed by atoms with Crippen LogP contribution >= 0.6 is 21.6 Å². The quantitative estimate of drug-likeness (QED) is 0.0931. The fraction of sp³-hybridized carbons (Fsp3) is 0.815. The highest BCUT2D eigenvalue weighted by atomic mass is 33.1. The van der Waals surface area contributed by atoms with Gasteiger partial charge in [0.2, 0.25) is 23.6 Å². The maximum atomic E-state index is 12.4. The molecule has 2 atom stereocenters. The van der Waals surface area contributed by atoms with Gasteiger partial charge in [-0.3, -0.25) is 24.0 Å². The second kappa shape index (κ2) is 20.0. The summed E-state index contributed by atoms with van der Waals surface area (Å²) in [5, 5.41) is 11.5. The van der Waals surface area contributed by atoms with E-state index in [1.54, 1.807) is 42.4 Å². The van der Waals surface area contributed by atoms with Crippen LogP contribution < -0.4 is 21.3 Å². The molecule has 0 aliphatic heterocycles. The largest absolute Gasteiger partial charge is 0.464 e. The molecule has 0 fully saturated rings. The second-order valence-electron chi connectivity index (χ2n) is 11.1. The number of ether oxygens (including phenoxy) is 1. The van der Waals surface area contributed by atoms with Crippen LogP contribution in [0.5, 0.6) is 0 Å². The summed E-state index contributed by atoms with van der Waals surface area (Å²) in [4.78, 5) is 61.9. The van der Waals surface area contributed by atoms with Gasteiger partial charge in [0.05, 0.1) is 17.2 Å². The molecule has 1 unspecified atom stereocenters. The van der Waals surface area contributed by atoms with Crippen LogP contribution in [-0.2, 0) is 28.7 Å². The highest BCUT2D eigenvalue weighted by Gasteiger charge is 2.24. The summed E-state index contributed by atoms with van der Waals surface area (Å²) in [7, 11) is 4.79. The predicted octanol–water partition coefficient (Wildman–Crippen LogP) is 2.10. The number of nitrogens with zero attached hydrogens (tertiary/aromatic N) is 1. The van der Waals surface area contributed by atoms with Crippen LogP contribution in [0.1, 0.15) is 74.7 Å². The number of hydrogen-bond acceptors (Lipinski definition) is 9. The zero-order valence-electron chi connectivity index (χ0n) is 25.7. The Labute approximate surface area is 248 Å². The third kappa shape index (κ3) is 19.1. The van der Waals surface area contributed by atoms with Crippen LogP contribution in [0, 0.1) is 5.92 Å². The van der Waals surface area contributed by atoms with E-state index in [1.807, 2.05) is 34.6 Å². The topological polar surface area (TPSA) is 146 Å². The molecule has 0 aromatic carbocycles. The van der Waals surface area contributed by atoms with E-state index in [0.717, 1.165) is 0 Å². The fourth-order valence-electron chi connectivity index (χ4n) is 2.97. The Kier molecular flexibility index (Phi) is 19.0. The number of esters is 1. The van der Waals surface area contributed by atoms with Gasteiger partial charge in [-0.1, -0.05) is 56.2 Å². The number of rotatable bonds is 20. The van der Waals surface area contributed by atoms with E-state index >= 15 is 0 Å². The van der Waals surface area contributed by atoms with Crippen LogP contribution in [0.25, 0.3) is 0 Å². The van der Waals surface area contributed by atoms with Gasteiger partial charge < -0.3 is 30.9 Å². The lowest BCUT2D eigenvalue weighted by molar-refractivity contribution is -0.148. The van der Waals surface area contributed by atoms with Crippen LogP contribution in [0.3, 0.4) is 0 Å². The van der Waals surface area contributed by atoms with Crippen molar-refractivity contribution in [3.8, 4) is 0 Å². The van der Waals surface area contributed by atoms with Gasteiger partial charge in [0.25, 0.3) is 0 Å². The molecule has 0 saturated heterocycles. The van der Waals surface area contributed by atoms with Crippen molar-refractivity contribution in [1.29, 1.82) is 0 Å². The van der Waals surface area contributed by atoms with E-state index in [2.05, 4.69) is 21.3 Å². The Morgan fingerprint density at radius 1 is 0.875 bits per heavy atom. The zero-order valence-corrected chi connectivity index (χ0v) is 27.3. The summed E-state index contributed by atoms with van der Waals surface area (Å²) in [6.45, 7) is 16.7. The van der Waals surface area contributed by atoms with Gasteiger partial charge >= 0.3 is 5.97 Å². The summed E-state index contributed by atoms with van der Waals surface area (Å²) >= 11 is 0. The third-order valence-corrected chi connectivity index (χ3v) is 9.32. The standard InChI is InChI=1S/C27H51N5O6S2/c1-18(2)26(37)38-17-27(7,8)40-39-20(5)10-11-22(33)29-13-12-24(35)32(9)16-23(34)31-21(6)25(36)30-15-14-28-19(3)4/h18-21,28H,10-17H2,1-9H3,(H,29,33)(H,30,36)(H,31,34)/t20?,21-/m0/s1. The van der Waals surface area contributed by atoms with Crippen LogP contribution in [0.4, 0.5) is 0 Å². The summed E-state index contributed by atoms with van der Waals surface area (Å²) in [6, 6.07) is -0.400. The lowest BCUT2D eigenvalue weighted by Crippen LogP contribution is -2.49. The van der Waals surface area contributed by atoms with Crippen molar-refractivity contribution in [3.63, 3.8) is 0 Å². The number of likely N-dealkylation sites (N-methyl/N-ethyl adjacent to an activating group) is 1. The molecule has 232 valence electrons. The molecule has 0 bridgehead atoms. The summed E-state index contributed by atoms with van der Waals surface area (Å²) in [6.07, 6.45) is 1.06. The number of amides is 4. The molecule has 0 aliphatic rings. The van der Waals surface area contributed by atoms with E-state index in [9.17, 15) is 24.0 Å². The number of carbonyl (C=O) groups is 5. The smallest absolute Gasteiger partial charge is 0.308 e. The van der Waals surface area contributed by atoms with Gasteiger partial charge in [0.1, 0.15) is 12.6 Å². The second-order valence-corrected chi connectivity index (χ2v) is 14.4. The Morgan fingerprint density at radius 2 is 1.52 bits per heavy atom. The molecule has 4 N–H and O–H groups in total. The molecular formula is C27H51N5O6S2. The number of hydrogen-bond donors (Lipinski definition) is 4. The van der Waals surface area contributed by atoms with E-state index in [0.29, 0.717) is 38.6 Å². The van der Waals surface area contributed by atoms with Gasteiger partial charge in [0, 0.05) is 50.8 Å². The van der Waals surface area contributed by atoms with Crippen molar-refractivity contribution in [2.24, 2.45) is 5.92 Å². The Morgan fingerprint density at radius 3 is 2.12 bits per heavy atom. The minimum absolute atomic E-state index is 0.0673. The number of nitrogens with one attached hydrogen (secondary N) is 4. The molecule has 0 saturated carbocycles. The molecule has 0 aromatic heterocycles. The summed E-state index contributed by atoms with van der Waals surface area (Å²) in [5.74, 6) is -1.52. The van der Waals surface area contributed by atoms with Gasteiger partial charge in [-0.25, -0.2) is 0 Å². The fourth-order valence-corrected chi connectivity index (χ4v) is 5.43. The molecule has 40 heavy (non-hydrogen) atoms. The van der Waals surface area contributed by atoms with E-state index in [1.165, 1.54) is 11.9 Å². The number of carbonyl (C=O) groups excluding carboxylic acids is 5. The maximum Gasteiger partial charge on any atom is 0.308 e. The third-order valence-electron chi connectivity index (χ3n) is 5.46. The van der Waals surface area contributed by atoms with Crippen molar-refractivity contribution in [3.05, 3.63) is 0 Å². The SMILES string of the molecule is CC(C)NCCNC(=O)[C@H](C)NC(=O)CN(C)C(=O)CCNC(=O)CCC(C)SSC(C)(C)COC(=O)C(C)C. The molecular weight excluding hydrogens is 554 g/mol. The highest BCUT2D eigenvalue weighted by molar-refractivity contribution is 8.77. The van der Waals surface area contributed by atoms with Gasteiger partial charge in [-0.2, -0.15) is 0 Å². The maximum absolute atomic E-state index is 12.4. The zero-order chi connectivity index (χ0) is 30.9. The van der Waals surface area contributed by atoms with Crippen molar-refractivity contribution < 1.29 is 28.7 Å². The minimum atomic E-state index is -0.721. The molecule has 0 spiro atoms. The van der Waals surface area contributed by atoms with Crippen molar-refractivity contribution in [1.82, 2.24) is 26.2 Å². The first-order valence-corrected chi connectivity index (χ1v) is 16.1. The Bertz CT molecular complexity index is 825. The molecule has 0 rings (SSSR count). The molecule has 4 amide bonds. The first-order chi connectivity index (χ1) is 18.5. The van der Waals surface area contributed by atoms with E-state index in [-0.39, 0.29) is 59.1 Å². The predicted molar refractivity (Wildman–Crippen MR) is 163 cm³/mol. The molecule has 0 aliphatic carbocycles. The van der Waals surface area contributed by atoms with Crippen LogP contribution in [0.2, 0.25) is 0 Å². The molecule has 0 heterocycles. The van der Waals surface area contributed by atoms with E-state index in [4.69, 9.17) is 4.74 Å². The average molecular weight is 606 g/mol. The van der Waals surface area contributed by atoms with Gasteiger partial charge in [-0.15, -0.1) is 0 Å². The van der Waals surface area contributed by atoms with Crippen molar-refractivity contribution in [2.45, 2.75) is 96.7 Å². The van der Waals surface area contributed by atoms with Gasteiger partial charge in [0.15, 0.2) is 0 Å². The van der Waals surface area contributed by atoms with Crippen molar-refractivity contribution >= 4 is 51.2 Å². The summed E-state index contributed by atoms with van der Waals surface area (Å²) in [5.41, 5.74) is 0. The van der Waals surface area contributed by atoms with Crippen LogP contribution in [-0.4, -0.2) is 96.4 Å². The highest BCUT2D eigenvalue weighted by Crippen LogP contribution is 2.39. The lowest BCUT2D eigenvalue weighted by atomic mass is 10.2. The average Bonchev–Trinajstić information content (AvgIpc) is 2.86. The Hall–Kier alpha value is -1.99. The molecule has 0 aromatic rings. The molecule has 11 nitrogen and oxygen atoms in total. The Balaban J connectivity index is 4.17. The first kappa shape index (κ1) is 38.0. The first-order valence-electron chi connectivity index (χ1n) is 13.9. The summed E-state index contributed by atoms with van der Waals surface area (Å²) < 4.78 is 5.09. The van der Waals surface area contributed by atoms with Crippen molar-refractivity contribution in [2.75, 3.05) is 39.8 Å². The van der Waals surface area contributed by atoms with Crippen LogP contribution in [0.15, 0.2) is 0 Å². The monoisotopic (exact) mass is 605 g/mol. The normalized spacial score (nSPS) is 13.0. The lowest BCUT2D eigenvalue weighted by Gasteiger charge is -2.25. The minimum Gasteiger partial charge on any atom is -0.464 e. The van der Waals surface area contributed by atoms with Gasteiger partial charge in [-0.05, 0) is 27.2 Å².